The molecular formula is C42H49NO11. The number of phenolic OH excluding ortho intramolecular Hbond substituents is 1. The van der Waals surface area contributed by atoms with E-state index >= 15 is 0 Å². The number of Topliss-reactive ketones (excluding diaryl/α,β-unsaturated/α-hetero) is 2. The fourth-order valence-corrected chi connectivity index (χ4v) is 8.82. The first-order chi connectivity index (χ1) is 25.2. The van der Waals surface area contributed by atoms with Crippen LogP contribution in [0.2, 0.25) is 0 Å². The molecule has 288 valence electrons. The van der Waals surface area contributed by atoms with Crippen molar-refractivity contribution in [2.45, 2.75) is 122 Å². The lowest BCUT2D eigenvalue weighted by molar-refractivity contribution is -0.171. The number of fused-ring (bicyclic) bond motifs is 2. The topological polar surface area (TPSA) is 186 Å². The van der Waals surface area contributed by atoms with Gasteiger partial charge in [0.15, 0.2) is 22.8 Å². The van der Waals surface area contributed by atoms with Gasteiger partial charge in [-0.15, -0.1) is 0 Å². The van der Waals surface area contributed by atoms with Gasteiger partial charge in [-0.2, -0.15) is 0 Å². The molecule has 3 aliphatic carbocycles. The zero-order chi connectivity index (χ0) is 39.7. The monoisotopic (exact) mass is 743 g/mol. The number of aliphatic carboxylic acids is 2. The van der Waals surface area contributed by atoms with Gasteiger partial charge in [0, 0.05) is 35.0 Å². The van der Waals surface area contributed by atoms with Crippen LogP contribution in [0.3, 0.4) is 0 Å². The third kappa shape index (κ3) is 6.08. The van der Waals surface area contributed by atoms with Crippen molar-refractivity contribution in [1.29, 1.82) is 0 Å². The Balaban J connectivity index is 1.50. The van der Waals surface area contributed by atoms with Crippen LogP contribution in [-0.2, 0) is 30.3 Å². The summed E-state index contributed by atoms with van der Waals surface area (Å²) in [6.07, 6.45) is 11.9. The van der Waals surface area contributed by atoms with E-state index in [0.717, 1.165) is 12.0 Å². The average molecular weight is 744 g/mol. The summed E-state index contributed by atoms with van der Waals surface area (Å²) >= 11 is 0. The molecule has 6 atom stereocenters. The summed E-state index contributed by atoms with van der Waals surface area (Å²) in [5.41, 5.74) is -1.82. The van der Waals surface area contributed by atoms with Gasteiger partial charge in [0.25, 0.3) is 0 Å². The van der Waals surface area contributed by atoms with Crippen LogP contribution in [0.1, 0.15) is 109 Å². The maximum atomic E-state index is 14.9. The molecular weight excluding hydrogens is 694 g/mol. The fraction of sp³-hybridized carbons (Fsp3) is 0.500. The minimum atomic E-state index is -1.78. The molecule has 54 heavy (non-hydrogen) atoms. The van der Waals surface area contributed by atoms with Crippen LogP contribution in [0.25, 0.3) is 6.08 Å². The molecule has 12 heteroatoms. The minimum absolute atomic E-state index is 0.0132. The van der Waals surface area contributed by atoms with Gasteiger partial charge >= 0.3 is 11.9 Å². The summed E-state index contributed by atoms with van der Waals surface area (Å²) in [5.74, 6) is -5.51. The van der Waals surface area contributed by atoms with Crippen LogP contribution in [0.15, 0.2) is 52.7 Å². The van der Waals surface area contributed by atoms with Gasteiger partial charge in [0.2, 0.25) is 5.91 Å². The number of rotatable bonds is 12. The Bertz CT molecular complexity index is 2020. The van der Waals surface area contributed by atoms with Crippen LogP contribution in [-0.4, -0.2) is 73.2 Å². The number of phenols is 1. The summed E-state index contributed by atoms with van der Waals surface area (Å²) in [5, 5.41) is 32.8. The van der Waals surface area contributed by atoms with Crippen LogP contribution in [0.4, 0.5) is 0 Å². The molecule has 3 aliphatic heterocycles. The lowest BCUT2D eigenvalue weighted by Gasteiger charge is -2.56. The molecule has 1 aromatic rings. The fourth-order valence-electron chi connectivity index (χ4n) is 8.82. The van der Waals surface area contributed by atoms with Crippen molar-refractivity contribution in [3.8, 4) is 17.2 Å². The highest BCUT2D eigenvalue weighted by Gasteiger charge is 2.81. The number of nitrogens with one attached hydrogen (secondary N) is 1. The van der Waals surface area contributed by atoms with Crippen molar-refractivity contribution in [2.75, 3.05) is 0 Å². The molecule has 2 fully saturated rings. The average Bonchev–Trinajstić information content (AvgIpc) is 3.22. The maximum absolute atomic E-state index is 14.9. The molecule has 4 bridgehead atoms. The van der Waals surface area contributed by atoms with E-state index in [1.807, 2.05) is 60.6 Å². The van der Waals surface area contributed by atoms with Crippen LogP contribution >= 0.6 is 0 Å². The SMILES string of the molecule is CC(C)=CCCC1(C)C=Cc2c(O)c3c(c(CC=C(C)C)c2O1)OC12C(=CC4CC1C(C)(C)OC2(CC=C(C)C(=O)NC(CC(=O)O)C(=O)O)C4=O)C3=O. The summed E-state index contributed by atoms with van der Waals surface area (Å²) < 4.78 is 20.7. The largest absolute Gasteiger partial charge is 0.506 e. The molecule has 1 saturated carbocycles. The Morgan fingerprint density at radius 3 is 2.30 bits per heavy atom. The number of hydrogen-bond donors (Lipinski definition) is 4. The summed E-state index contributed by atoms with van der Waals surface area (Å²) in [6.45, 7) is 15.0. The Hall–Kier alpha value is -4.97. The second kappa shape index (κ2) is 13.4. The first kappa shape index (κ1) is 38.7. The molecule has 0 aromatic heterocycles. The van der Waals surface area contributed by atoms with Gasteiger partial charge in [-0.25, -0.2) is 4.79 Å². The van der Waals surface area contributed by atoms with Gasteiger partial charge in [0.1, 0.15) is 34.5 Å². The van der Waals surface area contributed by atoms with E-state index in [1.165, 1.54) is 18.6 Å². The highest BCUT2D eigenvalue weighted by Crippen LogP contribution is 2.68. The first-order valence-corrected chi connectivity index (χ1v) is 18.4. The molecule has 1 spiro atoms. The second-order valence-corrected chi connectivity index (χ2v) is 16.4. The molecule has 6 unspecified atom stereocenters. The van der Waals surface area contributed by atoms with Crippen LogP contribution in [0.5, 0.6) is 17.2 Å². The summed E-state index contributed by atoms with van der Waals surface area (Å²) in [4.78, 5) is 65.6. The van der Waals surface area contributed by atoms with Crippen LogP contribution < -0.4 is 14.8 Å². The van der Waals surface area contributed by atoms with E-state index in [4.69, 9.17) is 19.3 Å². The van der Waals surface area contributed by atoms with Gasteiger partial charge in [0.05, 0.1) is 17.6 Å². The van der Waals surface area contributed by atoms with Gasteiger partial charge in [-0.3, -0.25) is 19.2 Å². The van der Waals surface area contributed by atoms with Crippen LogP contribution in [0, 0.1) is 11.8 Å². The van der Waals surface area contributed by atoms with E-state index < -0.39 is 70.3 Å². The van der Waals surface area contributed by atoms with Crippen molar-refractivity contribution in [2.24, 2.45) is 11.8 Å². The van der Waals surface area contributed by atoms with Crippen molar-refractivity contribution >= 4 is 35.5 Å². The molecule has 1 aromatic carbocycles. The van der Waals surface area contributed by atoms with E-state index in [-0.39, 0.29) is 40.4 Å². The smallest absolute Gasteiger partial charge is 0.326 e. The maximum Gasteiger partial charge on any atom is 0.326 e. The number of allylic oxidation sites excluding steroid dienone is 5. The normalized spacial score (nSPS) is 28.7. The number of amides is 1. The lowest BCUT2D eigenvalue weighted by Crippen LogP contribution is -2.72. The molecule has 3 heterocycles. The molecule has 0 radical (unpaired) electrons. The zero-order valence-corrected chi connectivity index (χ0v) is 32.0. The third-order valence-corrected chi connectivity index (χ3v) is 11.5. The number of hydrogen-bond acceptors (Lipinski definition) is 9. The van der Waals surface area contributed by atoms with Gasteiger partial charge < -0.3 is 34.8 Å². The minimum Gasteiger partial charge on any atom is -0.506 e. The van der Waals surface area contributed by atoms with Gasteiger partial charge in [-0.05, 0) is 93.2 Å². The van der Waals surface area contributed by atoms with Gasteiger partial charge in [-0.1, -0.05) is 35.5 Å². The quantitative estimate of drug-likeness (QED) is 0.141. The Kier molecular flexibility index (Phi) is 9.62. The third-order valence-electron chi connectivity index (χ3n) is 11.5. The molecule has 6 aliphatic rings. The number of carbonyl (C=O) groups is 5. The molecule has 7 rings (SSSR count). The predicted molar refractivity (Wildman–Crippen MR) is 198 cm³/mol. The Morgan fingerprint density at radius 1 is 0.981 bits per heavy atom. The first-order valence-electron chi connectivity index (χ1n) is 18.4. The van der Waals surface area contributed by atoms with E-state index in [1.54, 1.807) is 12.2 Å². The number of aromatic hydroxyl groups is 1. The second-order valence-electron chi connectivity index (χ2n) is 16.4. The lowest BCUT2D eigenvalue weighted by atomic mass is 9.51. The van der Waals surface area contributed by atoms with Crippen molar-refractivity contribution in [3.05, 3.63) is 69.4 Å². The molecule has 1 saturated heterocycles. The number of carboxylic acids is 2. The highest BCUT2D eigenvalue weighted by molar-refractivity contribution is 6.19. The number of benzene rings is 1. The number of ether oxygens (including phenoxy) is 3. The zero-order valence-electron chi connectivity index (χ0n) is 32.0. The van der Waals surface area contributed by atoms with E-state index in [9.17, 15) is 34.2 Å². The molecule has 1 amide bonds. The standard InChI is InChI=1S/C42H49NO11/c1-21(2)10-9-15-40(8)16-14-25-32(46)31-33(47)27-18-24-19-29-39(6,7)54-41(36(24)48,17-13-23(5)37(49)43-28(38(50)51)20-30(44)45)42(27,29)53-35(31)26(34(25)52-40)12-11-22(3)4/h10-11,13-14,16,18,24,28-29,46H,9,12,15,17,19-20H2,1-8H3,(H,43,49)(H,44,45)(H,50,51). The van der Waals surface area contributed by atoms with Crippen molar-refractivity contribution in [3.63, 3.8) is 0 Å². The highest BCUT2D eigenvalue weighted by atomic mass is 16.6. The molecule has 4 N–H and O–H groups in total. The number of carboxylic acid groups (broad SMARTS) is 2. The summed E-state index contributed by atoms with van der Waals surface area (Å²) in [6, 6.07) is -1.68. The van der Waals surface area contributed by atoms with Crippen molar-refractivity contribution < 1.29 is 53.5 Å². The molecule has 12 nitrogen and oxygen atoms in total. The number of ketones is 2. The van der Waals surface area contributed by atoms with E-state index in [0.29, 0.717) is 36.1 Å². The van der Waals surface area contributed by atoms with Crippen molar-refractivity contribution in [1.82, 2.24) is 5.32 Å². The van der Waals surface area contributed by atoms with E-state index in [2.05, 4.69) is 11.4 Å². The Morgan fingerprint density at radius 2 is 1.67 bits per heavy atom. The Labute approximate surface area is 314 Å². The summed E-state index contributed by atoms with van der Waals surface area (Å²) in [7, 11) is 0. The number of carbonyl (C=O) groups excluding carboxylic acids is 3. The predicted octanol–water partition coefficient (Wildman–Crippen LogP) is 6.20.